The first-order chi connectivity index (χ1) is 16.1. The molecular formula is C24H23F2N5O2. The first-order valence-electron chi connectivity index (χ1n) is 10.8. The maximum Gasteiger partial charge on any atom is 0.387 e. The van der Waals surface area contributed by atoms with E-state index < -0.39 is 6.61 Å². The molecule has 0 radical (unpaired) electrons. The van der Waals surface area contributed by atoms with Crippen LogP contribution in [0.5, 0.6) is 5.75 Å². The zero-order chi connectivity index (χ0) is 22.8. The number of H-pyrrole nitrogens is 1. The van der Waals surface area contributed by atoms with Crippen molar-refractivity contribution in [2.45, 2.75) is 26.0 Å². The summed E-state index contributed by atoms with van der Waals surface area (Å²) in [6, 6.07) is 10.0. The van der Waals surface area contributed by atoms with Crippen molar-refractivity contribution in [3.8, 4) is 17.0 Å². The van der Waals surface area contributed by atoms with Crippen LogP contribution < -0.4 is 4.74 Å². The Morgan fingerprint density at radius 3 is 2.64 bits per heavy atom. The van der Waals surface area contributed by atoms with E-state index in [0.717, 1.165) is 41.5 Å². The summed E-state index contributed by atoms with van der Waals surface area (Å²) in [5.41, 5.74) is 3.41. The Labute approximate surface area is 189 Å². The number of alkyl halides is 2. The molecule has 0 aliphatic carbocycles. The van der Waals surface area contributed by atoms with Crippen LogP contribution in [0, 0.1) is 5.92 Å². The fraction of sp³-hybridized carbons (Fsp3) is 0.292. The highest BCUT2D eigenvalue weighted by molar-refractivity contribution is 5.94. The molecule has 0 unspecified atom stereocenters. The quantitative estimate of drug-likeness (QED) is 0.466. The predicted octanol–water partition coefficient (Wildman–Crippen LogP) is 4.58. The largest absolute Gasteiger partial charge is 0.435 e. The molecule has 4 heterocycles. The van der Waals surface area contributed by atoms with Gasteiger partial charge in [0.25, 0.3) is 5.91 Å². The van der Waals surface area contributed by atoms with Crippen LogP contribution in [0.1, 0.15) is 23.2 Å². The molecule has 33 heavy (non-hydrogen) atoms. The number of carbonyl (C=O) groups excluding carboxylic acids is 1. The number of aromatic nitrogens is 4. The van der Waals surface area contributed by atoms with Crippen LogP contribution in [0.4, 0.5) is 8.78 Å². The van der Waals surface area contributed by atoms with Crippen molar-refractivity contribution in [3.05, 3.63) is 66.7 Å². The number of benzene rings is 1. The van der Waals surface area contributed by atoms with Gasteiger partial charge in [-0.3, -0.25) is 14.9 Å². The first-order valence-corrected chi connectivity index (χ1v) is 10.8. The van der Waals surface area contributed by atoms with E-state index >= 15 is 0 Å². The van der Waals surface area contributed by atoms with Crippen molar-refractivity contribution in [1.82, 2.24) is 24.6 Å². The van der Waals surface area contributed by atoms with Crippen molar-refractivity contribution >= 4 is 16.8 Å². The molecule has 0 bridgehead atoms. The number of ether oxygens (including phenoxy) is 1. The lowest BCUT2D eigenvalue weighted by molar-refractivity contribution is -0.0498. The van der Waals surface area contributed by atoms with Gasteiger partial charge >= 0.3 is 6.61 Å². The van der Waals surface area contributed by atoms with Crippen molar-refractivity contribution in [2.75, 3.05) is 13.1 Å². The molecule has 170 valence electrons. The standard InChI is InChI=1S/C24H23F2N5O2/c25-24(26)33-20-3-1-17(2-4-20)23(32)30-8-5-16(6-9-30)15-31-10-7-18-11-21(27-14-22(18)31)19-12-28-29-13-19/h1-4,7,10-14,16,24H,5-6,8-9,15H2,(H,28,29). The lowest BCUT2D eigenvalue weighted by atomic mass is 9.96. The van der Waals surface area contributed by atoms with Crippen LogP contribution in [0.3, 0.4) is 0 Å². The Morgan fingerprint density at radius 2 is 1.94 bits per heavy atom. The minimum atomic E-state index is -2.88. The number of halogens is 2. The van der Waals surface area contributed by atoms with Crippen molar-refractivity contribution in [2.24, 2.45) is 5.92 Å². The summed E-state index contributed by atoms with van der Waals surface area (Å²) >= 11 is 0. The third kappa shape index (κ3) is 4.57. The molecule has 0 atom stereocenters. The summed E-state index contributed by atoms with van der Waals surface area (Å²) in [6.45, 7) is -0.670. The Hall–Kier alpha value is -3.75. The molecule has 1 aromatic carbocycles. The van der Waals surface area contributed by atoms with Gasteiger partial charge in [0.2, 0.25) is 0 Å². The van der Waals surface area contributed by atoms with Crippen LogP contribution in [-0.4, -0.2) is 50.3 Å². The highest BCUT2D eigenvalue weighted by Crippen LogP contribution is 2.26. The normalized spacial score (nSPS) is 14.8. The second-order valence-electron chi connectivity index (χ2n) is 8.22. The zero-order valence-corrected chi connectivity index (χ0v) is 17.8. The molecule has 1 saturated heterocycles. The number of pyridine rings is 1. The third-order valence-electron chi connectivity index (χ3n) is 6.13. The number of hydrogen-bond donors (Lipinski definition) is 1. The van der Waals surface area contributed by atoms with E-state index in [0.29, 0.717) is 24.6 Å². The van der Waals surface area contributed by atoms with Gasteiger partial charge in [-0.15, -0.1) is 0 Å². The highest BCUT2D eigenvalue weighted by Gasteiger charge is 2.24. The van der Waals surface area contributed by atoms with E-state index in [1.54, 1.807) is 6.20 Å². The van der Waals surface area contributed by atoms with E-state index in [1.807, 2.05) is 17.3 Å². The molecule has 9 heteroatoms. The van der Waals surface area contributed by atoms with Crippen LogP contribution in [0.15, 0.2) is 61.2 Å². The average Bonchev–Trinajstić information content (AvgIpc) is 3.50. The fourth-order valence-corrected chi connectivity index (χ4v) is 4.35. The van der Waals surface area contributed by atoms with Gasteiger partial charge in [0, 0.05) is 48.5 Å². The minimum absolute atomic E-state index is 0.0468. The summed E-state index contributed by atoms with van der Waals surface area (Å²) in [5.74, 6) is 0.421. The lowest BCUT2D eigenvalue weighted by Crippen LogP contribution is -2.39. The van der Waals surface area contributed by atoms with Crippen molar-refractivity contribution < 1.29 is 18.3 Å². The van der Waals surface area contributed by atoms with Gasteiger partial charge in [0.05, 0.1) is 23.6 Å². The minimum Gasteiger partial charge on any atom is -0.435 e. The van der Waals surface area contributed by atoms with E-state index in [-0.39, 0.29) is 11.7 Å². The average molecular weight is 451 g/mol. The number of nitrogens with one attached hydrogen (secondary N) is 1. The van der Waals surface area contributed by atoms with Crippen molar-refractivity contribution in [3.63, 3.8) is 0 Å². The van der Waals surface area contributed by atoms with Gasteiger partial charge < -0.3 is 14.2 Å². The molecule has 7 nitrogen and oxygen atoms in total. The molecule has 5 rings (SSSR count). The Kier molecular flexibility index (Phi) is 5.77. The molecule has 1 fully saturated rings. The van der Waals surface area contributed by atoms with Gasteiger partial charge in [-0.2, -0.15) is 13.9 Å². The molecule has 0 saturated carbocycles. The summed E-state index contributed by atoms with van der Waals surface area (Å²) in [5, 5.41) is 7.92. The molecule has 1 N–H and O–H groups in total. The molecule has 3 aromatic heterocycles. The third-order valence-corrected chi connectivity index (χ3v) is 6.13. The number of likely N-dealkylation sites (tertiary alicyclic amines) is 1. The second-order valence-corrected chi connectivity index (χ2v) is 8.22. The van der Waals surface area contributed by atoms with E-state index in [4.69, 9.17) is 0 Å². The number of fused-ring (bicyclic) bond motifs is 1. The van der Waals surface area contributed by atoms with E-state index in [1.165, 1.54) is 24.3 Å². The van der Waals surface area contributed by atoms with Gasteiger partial charge in [0.15, 0.2) is 0 Å². The van der Waals surface area contributed by atoms with Gasteiger partial charge in [0.1, 0.15) is 5.75 Å². The van der Waals surface area contributed by atoms with Gasteiger partial charge in [-0.1, -0.05) is 0 Å². The lowest BCUT2D eigenvalue weighted by Gasteiger charge is -2.32. The summed E-state index contributed by atoms with van der Waals surface area (Å²) in [4.78, 5) is 19.2. The van der Waals surface area contributed by atoms with Gasteiger partial charge in [-0.25, -0.2) is 0 Å². The maximum absolute atomic E-state index is 12.8. The number of carbonyl (C=O) groups is 1. The van der Waals surface area contributed by atoms with Crippen LogP contribution in [-0.2, 0) is 6.54 Å². The summed E-state index contributed by atoms with van der Waals surface area (Å²) in [6.07, 6.45) is 9.37. The fourth-order valence-electron chi connectivity index (χ4n) is 4.35. The molecule has 4 aromatic rings. The molecule has 1 aliphatic rings. The highest BCUT2D eigenvalue weighted by atomic mass is 19.3. The summed E-state index contributed by atoms with van der Waals surface area (Å²) < 4.78 is 31.2. The number of rotatable bonds is 6. The predicted molar refractivity (Wildman–Crippen MR) is 119 cm³/mol. The first kappa shape index (κ1) is 21.1. The molecule has 1 amide bonds. The SMILES string of the molecule is O=C(c1ccc(OC(F)F)cc1)N1CCC(Cn2ccc3cc(-c4cn[nH]c4)ncc32)CC1. The van der Waals surface area contributed by atoms with E-state index in [9.17, 15) is 13.6 Å². The van der Waals surface area contributed by atoms with Gasteiger partial charge in [-0.05, 0) is 55.2 Å². The molecular weight excluding hydrogens is 428 g/mol. The second kappa shape index (κ2) is 9.01. The summed E-state index contributed by atoms with van der Waals surface area (Å²) in [7, 11) is 0. The number of hydrogen-bond acceptors (Lipinski definition) is 4. The molecule has 1 aliphatic heterocycles. The smallest absolute Gasteiger partial charge is 0.387 e. The Balaban J connectivity index is 1.19. The monoisotopic (exact) mass is 451 g/mol. The Bertz CT molecular complexity index is 1230. The van der Waals surface area contributed by atoms with Crippen molar-refractivity contribution in [1.29, 1.82) is 0 Å². The van der Waals surface area contributed by atoms with Crippen LogP contribution >= 0.6 is 0 Å². The maximum atomic E-state index is 12.8. The zero-order valence-electron chi connectivity index (χ0n) is 17.8. The van der Waals surface area contributed by atoms with Crippen LogP contribution in [0.25, 0.3) is 22.2 Å². The Morgan fingerprint density at radius 1 is 1.15 bits per heavy atom. The number of nitrogens with zero attached hydrogens (tertiary/aromatic N) is 4. The molecule has 0 spiro atoms. The van der Waals surface area contributed by atoms with Crippen LogP contribution in [0.2, 0.25) is 0 Å². The number of amides is 1. The number of piperidine rings is 1. The number of aromatic amines is 1. The van der Waals surface area contributed by atoms with E-state index in [2.05, 4.69) is 42.8 Å². The topological polar surface area (TPSA) is 76.0 Å².